The van der Waals surface area contributed by atoms with Crippen molar-refractivity contribution in [2.45, 2.75) is 19.3 Å². The van der Waals surface area contributed by atoms with Gasteiger partial charge in [0.15, 0.2) is 0 Å². The maximum Gasteiger partial charge on any atom is 0.0715 e. The molecule has 0 unspecified atom stereocenters. The van der Waals surface area contributed by atoms with E-state index in [1.807, 2.05) is 0 Å². The molecule has 0 spiro atoms. The third-order valence-corrected chi connectivity index (χ3v) is 11.8. The van der Waals surface area contributed by atoms with Crippen LogP contribution in [0.15, 0.2) is 182 Å². The number of rotatable bonds is 4. The molecule has 1 aliphatic rings. The minimum absolute atomic E-state index is 0.591. The Kier molecular flexibility index (Phi) is 6.93. The third kappa shape index (κ3) is 4.68. The summed E-state index contributed by atoms with van der Waals surface area (Å²) in [4.78, 5) is 10.2. The largest absolute Gasteiger partial charge is 0.248 e. The summed E-state index contributed by atoms with van der Waals surface area (Å²) >= 11 is 0. The molecule has 2 aromatic heterocycles. The molecular formula is C53H36N2. The van der Waals surface area contributed by atoms with Crippen molar-refractivity contribution in [1.82, 2.24) is 9.97 Å². The first-order chi connectivity index (χ1) is 27.1. The van der Waals surface area contributed by atoms with E-state index in [2.05, 4.69) is 196 Å². The molecule has 8 aromatic carbocycles. The lowest BCUT2D eigenvalue weighted by molar-refractivity contribution is 0.767. The predicted octanol–water partition coefficient (Wildman–Crippen LogP) is 13.4. The quantitative estimate of drug-likeness (QED) is 0.171. The highest BCUT2D eigenvalue weighted by molar-refractivity contribution is 6.11. The normalized spacial score (nSPS) is 13.1. The number of hydrogen-bond acceptors (Lipinski definition) is 2. The Morgan fingerprint density at radius 3 is 1.07 bits per heavy atom. The Balaban J connectivity index is 1.27. The highest BCUT2D eigenvalue weighted by Gasteiger charge is 2.47. The number of para-hydroxylation sites is 4. The number of pyridine rings is 2. The van der Waals surface area contributed by atoms with Crippen LogP contribution in [0.5, 0.6) is 0 Å². The molecule has 0 N–H and O–H groups in total. The summed E-state index contributed by atoms with van der Waals surface area (Å²) in [6.45, 7) is 4.42. The molecule has 0 saturated carbocycles. The number of nitrogens with zero attached hydrogens (tertiary/aromatic N) is 2. The van der Waals surface area contributed by atoms with E-state index in [4.69, 9.17) is 9.97 Å². The van der Waals surface area contributed by atoms with Crippen LogP contribution in [0, 0.1) is 13.8 Å². The Labute approximate surface area is 320 Å². The van der Waals surface area contributed by atoms with Gasteiger partial charge in [0.2, 0.25) is 0 Å². The minimum Gasteiger partial charge on any atom is -0.248 e. The molecule has 0 amide bonds. The van der Waals surface area contributed by atoms with Gasteiger partial charge >= 0.3 is 0 Å². The van der Waals surface area contributed by atoms with E-state index in [-0.39, 0.29) is 0 Å². The highest BCUT2D eigenvalue weighted by Crippen LogP contribution is 2.58. The molecule has 2 heterocycles. The summed E-state index contributed by atoms with van der Waals surface area (Å²) in [6, 6.07) is 67.0. The molecule has 55 heavy (non-hydrogen) atoms. The second-order valence-corrected chi connectivity index (χ2v) is 15.1. The first-order valence-corrected chi connectivity index (χ1v) is 19.1. The second-order valence-electron chi connectivity index (χ2n) is 15.1. The lowest BCUT2D eigenvalue weighted by atomic mass is 9.66. The molecule has 0 radical (unpaired) electrons. The smallest absolute Gasteiger partial charge is 0.0715 e. The van der Waals surface area contributed by atoms with Gasteiger partial charge in [0, 0.05) is 32.7 Å². The number of benzene rings is 8. The SMILES string of the molecule is Cc1cccc(C2(c3cccc(C)c3)c3cc(-c4c5ccccc5nc5ccccc45)ccc3-c3ccc(-c4c5ccccc5nc5ccccc45)cc32)c1. The van der Waals surface area contributed by atoms with Crippen LogP contribution >= 0.6 is 0 Å². The number of hydrogen-bond donors (Lipinski definition) is 0. The van der Waals surface area contributed by atoms with Gasteiger partial charge < -0.3 is 0 Å². The van der Waals surface area contributed by atoms with E-state index in [1.165, 1.54) is 66.8 Å². The minimum atomic E-state index is -0.591. The predicted molar refractivity (Wildman–Crippen MR) is 230 cm³/mol. The van der Waals surface area contributed by atoms with Crippen molar-refractivity contribution in [2.75, 3.05) is 0 Å². The van der Waals surface area contributed by atoms with E-state index in [1.54, 1.807) is 0 Å². The van der Waals surface area contributed by atoms with Gasteiger partial charge in [-0.05, 0) is 94.8 Å². The molecule has 0 saturated heterocycles. The van der Waals surface area contributed by atoms with Crippen molar-refractivity contribution in [2.24, 2.45) is 0 Å². The van der Waals surface area contributed by atoms with Gasteiger partial charge in [0.25, 0.3) is 0 Å². The van der Waals surface area contributed by atoms with Gasteiger partial charge in [-0.25, -0.2) is 9.97 Å². The molecule has 1 aliphatic carbocycles. The summed E-state index contributed by atoms with van der Waals surface area (Å²) in [7, 11) is 0. The first kappa shape index (κ1) is 31.6. The number of aryl methyl sites for hydroxylation is 2. The van der Waals surface area contributed by atoms with Gasteiger partial charge in [-0.2, -0.15) is 0 Å². The molecule has 0 fully saturated rings. The van der Waals surface area contributed by atoms with Crippen molar-refractivity contribution in [3.63, 3.8) is 0 Å². The molecule has 258 valence electrons. The van der Waals surface area contributed by atoms with Gasteiger partial charge in [0.1, 0.15) is 0 Å². The van der Waals surface area contributed by atoms with Crippen LogP contribution < -0.4 is 0 Å². The zero-order valence-electron chi connectivity index (χ0n) is 30.7. The Morgan fingerprint density at radius 2 is 0.709 bits per heavy atom. The monoisotopic (exact) mass is 700 g/mol. The van der Waals surface area contributed by atoms with Gasteiger partial charge in [-0.15, -0.1) is 0 Å². The maximum absolute atomic E-state index is 5.09. The van der Waals surface area contributed by atoms with Gasteiger partial charge in [-0.1, -0.05) is 157 Å². The van der Waals surface area contributed by atoms with E-state index >= 15 is 0 Å². The molecule has 11 rings (SSSR count). The second kappa shape index (κ2) is 12.1. The van der Waals surface area contributed by atoms with Crippen LogP contribution in [0.2, 0.25) is 0 Å². The fraction of sp³-hybridized carbons (Fsp3) is 0.0566. The van der Waals surface area contributed by atoms with Gasteiger partial charge in [0.05, 0.1) is 27.5 Å². The average molecular weight is 701 g/mol. The summed E-state index contributed by atoms with van der Waals surface area (Å²) in [5.74, 6) is 0. The topological polar surface area (TPSA) is 25.8 Å². The fourth-order valence-corrected chi connectivity index (χ4v) is 9.48. The van der Waals surface area contributed by atoms with Crippen LogP contribution in [-0.4, -0.2) is 9.97 Å². The van der Waals surface area contributed by atoms with Crippen molar-refractivity contribution in [3.8, 4) is 33.4 Å². The zero-order valence-corrected chi connectivity index (χ0v) is 30.7. The lowest BCUT2D eigenvalue weighted by Gasteiger charge is -2.35. The highest BCUT2D eigenvalue weighted by atomic mass is 14.7. The van der Waals surface area contributed by atoms with E-state index in [0.29, 0.717) is 0 Å². The van der Waals surface area contributed by atoms with E-state index < -0.39 is 5.41 Å². The van der Waals surface area contributed by atoms with Crippen LogP contribution in [0.4, 0.5) is 0 Å². The molecule has 0 atom stereocenters. The maximum atomic E-state index is 5.09. The molecule has 2 nitrogen and oxygen atoms in total. The Bertz CT molecular complexity index is 2870. The zero-order chi connectivity index (χ0) is 36.7. The Morgan fingerprint density at radius 1 is 0.345 bits per heavy atom. The fourth-order valence-electron chi connectivity index (χ4n) is 9.48. The summed E-state index contributed by atoms with van der Waals surface area (Å²) in [6.07, 6.45) is 0. The van der Waals surface area contributed by atoms with Crippen LogP contribution in [0.25, 0.3) is 77.0 Å². The third-order valence-electron chi connectivity index (χ3n) is 11.8. The Hall–Kier alpha value is -6.90. The van der Waals surface area contributed by atoms with Crippen molar-refractivity contribution < 1.29 is 0 Å². The van der Waals surface area contributed by atoms with E-state index in [0.717, 1.165) is 43.6 Å². The van der Waals surface area contributed by atoms with Crippen molar-refractivity contribution in [1.29, 1.82) is 0 Å². The summed E-state index contributed by atoms with van der Waals surface area (Å²) in [5, 5.41) is 4.64. The molecule has 10 aromatic rings. The summed E-state index contributed by atoms with van der Waals surface area (Å²) < 4.78 is 0. The standard InChI is InChI=1S/C53H36N2/c1-33-13-11-15-37(29-33)53(38-16-12-14-34(2)30-38)45-31-35(51-41-17-3-7-21-47(41)54-48-22-8-4-18-42(48)51)25-27-39(45)40-28-26-36(32-46(40)53)52-43-19-5-9-23-49(43)55-50-24-10-6-20-44(50)52/h3-32H,1-2H3. The number of fused-ring (bicyclic) bond motifs is 7. The van der Waals surface area contributed by atoms with Crippen LogP contribution in [0.1, 0.15) is 33.4 Å². The average Bonchev–Trinajstić information content (AvgIpc) is 3.51. The van der Waals surface area contributed by atoms with E-state index in [9.17, 15) is 0 Å². The number of aromatic nitrogens is 2. The lowest BCUT2D eigenvalue weighted by Crippen LogP contribution is -2.29. The van der Waals surface area contributed by atoms with Crippen molar-refractivity contribution in [3.05, 3.63) is 215 Å². The summed E-state index contributed by atoms with van der Waals surface area (Å²) in [5.41, 5.74) is 18.4. The molecule has 2 heteroatoms. The van der Waals surface area contributed by atoms with Crippen LogP contribution in [0.3, 0.4) is 0 Å². The molecular weight excluding hydrogens is 665 g/mol. The molecule has 0 bridgehead atoms. The first-order valence-electron chi connectivity index (χ1n) is 19.1. The van der Waals surface area contributed by atoms with Crippen LogP contribution in [-0.2, 0) is 5.41 Å². The van der Waals surface area contributed by atoms with Gasteiger partial charge in [-0.3, -0.25) is 0 Å². The van der Waals surface area contributed by atoms with Crippen molar-refractivity contribution >= 4 is 43.6 Å². The molecule has 0 aliphatic heterocycles.